The van der Waals surface area contributed by atoms with Gasteiger partial charge in [0.1, 0.15) is 40.8 Å². The Bertz CT molecular complexity index is 2130. The number of nitrogens with zero attached hydrogens (tertiary/aromatic N) is 6. The Hall–Kier alpha value is -4.30. The standard InChI is InChI=1S/C35H36F3N7O5S/c1-34(2,3)50-33(46)43-31-19(9-39)24-27(40-10-22(37)29(24)51-31)23-20-14-48-15-21(20)25-28(26(23)38)41-32(42-30(25)44-12-18(13-44)47-4)49-16-35-6-5-7-45(35)11-17(36)8-35/h10,17-18H,5-8,11-16H2,1-4H3,(H,43,46)/t17-,35+/m1/s1. The first kappa shape index (κ1) is 33.8. The number of amides is 1. The van der Waals surface area contributed by atoms with E-state index in [2.05, 4.69) is 26.3 Å². The number of benzene rings is 1. The van der Waals surface area contributed by atoms with Crippen LogP contribution >= 0.6 is 11.3 Å². The smallest absolute Gasteiger partial charge is 0.412 e. The molecular formula is C35H36F3N7O5S. The minimum Gasteiger partial charge on any atom is -0.461 e. The lowest BCUT2D eigenvalue weighted by molar-refractivity contribution is 0.0636. The second-order valence-electron chi connectivity index (χ2n) is 14.5. The van der Waals surface area contributed by atoms with Crippen molar-refractivity contribution in [3.05, 3.63) is 34.5 Å². The summed E-state index contributed by atoms with van der Waals surface area (Å²) in [6.45, 7) is 7.52. The molecule has 0 unspecified atom stereocenters. The van der Waals surface area contributed by atoms with Crippen molar-refractivity contribution in [2.75, 3.05) is 50.1 Å². The first-order valence-corrected chi connectivity index (χ1v) is 17.6. The highest BCUT2D eigenvalue weighted by atomic mass is 32.1. The Morgan fingerprint density at radius 3 is 2.73 bits per heavy atom. The third kappa shape index (κ3) is 5.70. The second-order valence-corrected chi connectivity index (χ2v) is 15.5. The fourth-order valence-corrected chi connectivity index (χ4v) is 8.83. The van der Waals surface area contributed by atoms with Gasteiger partial charge in [-0.15, -0.1) is 11.3 Å². The summed E-state index contributed by atoms with van der Waals surface area (Å²) in [5.41, 5.74) is -0.324. The summed E-state index contributed by atoms with van der Waals surface area (Å²) in [5.74, 6) is -1.05. The van der Waals surface area contributed by atoms with Gasteiger partial charge in [0.2, 0.25) is 0 Å². The first-order chi connectivity index (χ1) is 24.4. The highest BCUT2D eigenvalue weighted by molar-refractivity contribution is 7.23. The minimum atomic E-state index is -0.952. The number of nitriles is 1. The van der Waals surface area contributed by atoms with Crippen LogP contribution in [0.5, 0.6) is 6.01 Å². The molecule has 0 aliphatic carbocycles. The molecule has 0 bridgehead atoms. The number of anilines is 2. The fourth-order valence-electron chi connectivity index (χ4n) is 7.79. The summed E-state index contributed by atoms with van der Waals surface area (Å²) >= 11 is 0.830. The normalized spacial score (nSPS) is 21.9. The zero-order valence-electron chi connectivity index (χ0n) is 28.6. The molecule has 4 aliphatic rings. The third-order valence-electron chi connectivity index (χ3n) is 10.1. The maximum absolute atomic E-state index is 17.4. The topological polar surface area (TPSA) is 135 Å². The van der Waals surface area contributed by atoms with Gasteiger partial charge < -0.3 is 23.8 Å². The van der Waals surface area contributed by atoms with Crippen LogP contribution in [0.4, 0.5) is 28.8 Å². The number of fused-ring (bicyclic) bond motifs is 5. The number of thiophene rings is 1. The van der Waals surface area contributed by atoms with Crippen LogP contribution in [0.25, 0.3) is 32.2 Å². The number of aromatic nitrogens is 3. The van der Waals surface area contributed by atoms with E-state index < -0.39 is 35.0 Å². The van der Waals surface area contributed by atoms with Gasteiger partial charge in [0.05, 0.1) is 52.4 Å². The maximum atomic E-state index is 17.4. The lowest BCUT2D eigenvalue weighted by Gasteiger charge is -2.39. The van der Waals surface area contributed by atoms with E-state index in [1.807, 2.05) is 4.90 Å². The van der Waals surface area contributed by atoms with E-state index in [-0.39, 0.29) is 69.4 Å². The SMILES string of the molecule is COC1CN(c2nc(OC[C@@]34CCCN3C[C@H](F)C4)nc3c(F)c(-c4ncc(F)c5sc(NC(=O)OC(C)(C)C)c(C#N)c45)c4c(c23)COC4)C1. The molecule has 8 rings (SSSR count). The van der Waals surface area contributed by atoms with Crippen molar-refractivity contribution in [1.82, 2.24) is 19.9 Å². The number of ether oxygens (including phenoxy) is 4. The molecule has 1 N–H and O–H groups in total. The number of carbonyl (C=O) groups excluding carboxylic acids is 1. The molecular weight excluding hydrogens is 687 g/mol. The van der Waals surface area contributed by atoms with Crippen LogP contribution in [0, 0.1) is 23.0 Å². The third-order valence-corrected chi connectivity index (χ3v) is 11.2. The van der Waals surface area contributed by atoms with Gasteiger partial charge in [-0.3, -0.25) is 15.2 Å². The van der Waals surface area contributed by atoms with E-state index in [4.69, 9.17) is 23.9 Å². The van der Waals surface area contributed by atoms with Gasteiger partial charge in [-0.05, 0) is 51.3 Å². The Morgan fingerprint density at radius 2 is 1.98 bits per heavy atom. The number of nitrogens with one attached hydrogen (secondary N) is 1. The van der Waals surface area contributed by atoms with E-state index in [9.17, 15) is 14.4 Å². The van der Waals surface area contributed by atoms with E-state index in [1.54, 1.807) is 27.9 Å². The number of rotatable bonds is 7. The Morgan fingerprint density at radius 1 is 1.20 bits per heavy atom. The Kier molecular flexibility index (Phi) is 8.25. The van der Waals surface area contributed by atoms with Gasteiger partial charge in [0.25, 0.3) is 0 Å². The quantitative estimate of drug-likeness (QED) is 0.233. The van der Waals surface area contributed by atoms with Crippen molar-refractivity contribution in [2.45, 2.75) is 76.7 Å². The van der Waals surface area contributed by atoms with Crippen LogP contribution in [0.15, 0.2) is 6.20 Å². The number of methoxy groups -OCH3 is 1. The predicted octanol–water partition coefficient (Wildman–Crippen LogP) is 6.22. The van der Waals surface area contributed by atoms with Crippen molar-refractivity contribution >= 4 is 49.2 Å². The summed E-state index contributed by atoms with van der Waals surface area (Å²) in [7, 11) is 1.63. The summed E-state index contributed by atoms with van der Waals surface area (Å²) in [6, 6.07) is 2.00. The number of alkyl halides is 1. The Labute approximate surface area is 295 Å². The second kappa shape index (κ2) is 12.4. The molecule has 1 aromatic carbocycles. The van der Waals surface area contributed by atoms with Crippen LogP contribution in [0.2, 0.25) is 0 Å². The number of hydrogen-bond donors (Lipinski definition) is 1. The maximum Gasteiger partial charge on any atom is 0.412 e. The van der Waals surface area contributed by atoms with Crippen molar-refractivity contribution in [1.29, 1.82) is 5.26 Å². The summed E-state index contributed by atoms with van der Waals surface area (Å²) in [5, 5.41) is 13.4. The molecule has 7 heterocycles. The Balaban J connectivity index is 1.29. The van der Waals surface area contributed by atoms with Crippen LogP contribution in [-0.2, 0) is 27.4 Å². The van der Waals surface area contributed by atoms with Gasteiger partial charge in [-0.25, -0.2) is 18.0 Å². The molecule has 0 radical (unpaired) electrons. The largest absolute Gasteiger partial charge is 0.461 e. The molecule has 4 aromatic rings. The van der Waals surface area contributed by atoms with Crippen LogP contribution in [-0.4, -0.2) is 89.3 Å². The number of halogens is 3. The molecule has 268 valence electrons. The van der Waals surface area contributed by atoms with Crippen molar-refractivity contribution in [3.63, 3.8) is 0 Å². The molecule has 2 atom stereocenters. The molecule has 0 saturated carbocycles. The van der Waals surface area contributed by atoms with Gasteiger partial charge in [0.15, 0.2) is 11.6 Å². The predicted molar refractivity (Wildman–Crippen MR) is 183 cm³/mol. The van der Waals surface area contributed by atoms with Gasteiger partial charge in [-0.1, -0.05) is 0 Å². The van der Waals surface area contributed by atoms with Crippen molar-refractivity contribution in [2.24, 2.45) is 0 Å². The molecule has 3 saturated heterocycles. The lowest BCUT2D eigenvalue weighted by Crippen LogP contribution is -2.52. The lowest BCUT2D eigenvalue weighted by atomic mass is 9.93. The average molecular weight is 724 g/mol. The molecule has 16 heteroatoms. The van der Waals surface area contributed by atoms with Gasteiger partial charge >= 0.3 is 12.1 Å². The fraction of sp³-hybridized carbons (Fsp3) is 0.514. The molecule has 3 aromatic heterocycles. The van der Waals surface area contributed by atoms with E-state index in [1.165, 1.54) is 0 Å². The van der Waals surface area contributed by atoms with Gasteiger partial charge in [-0.2, -0.15) is 15.2 Å². The number of hydrogen-bond acceptors (Lipinski definition) is 12. The zero-order valence-corrected chi connectivity index (χ0v) is 29.4. The molecule has 51 heavy (non-hydrogen) atoms. The van der Waals surface area contributed by atoms with Crippen LogP contribution in [0.1, 0.15) is 56.7 Å². The number of pyridine rings is 1. The highest BCUT2D eigenvalue weighted by Gasteiger charge is 2.49. The molecule has 4 aliphatic heterocycles. The summed E-state index contributed by atoms with van der Waals surface area (Å²) in [6.07, 6.45) is 1.20. The summed E-state index contributed by atoms with van der Waals surface area (Å²) < 4.78 is 70.3. The monoisotopic (exact) mass is 723 g/mol. The van der Waals surface area contributed by atoms with E-state index in [0.717, 1.165) is 36.9 Å². The van der Waals surface area contributed by atoms with E-state index >= 15 is 8.78 Å². The van der Waals surface area contributed by atoms with Crippen LogP contribution < -0.4 is 15.0 Å². The minimum absolute atomic E-state index is 0.00345. The molecule has 0 spiro atoms. The molecule has 12 nitrogen and oxygen atoms in total. The first-order valence-electron chi connectivity index (χ1n) is 16.8. The van der Waals surface area contributed by atoms with Crippen LogP contribution in [0.3, 0.4) is 0 Å². The molecule has 1 amide bonds. The number of carbonyl (C=O) groups is 1. The molecule has 3 fully saturated rings. The zero-order chi connectivity index (χ0) is 35.8. The van der Waals surface area contributed by atoms with Crippen molar-refractivity contribution < 1.29 is 36.9 Å². The van der Waals surface area contributed by atoms with E-state index in [0.29, 0.717) is 48.4 Å². The van der Waals surface area contributed by atoms with Crippen molar-refractivity contribution in [3.8, 4) is 23.3 Å². The average Bonchev–Trinajstić information content (AvgIpc) is 3.82. The van der Waals surface area contributed by atoms with Gasteiger partial charge in [0, 0.05) is 44.1 Å². The highest BCUT2D eigenvalue weighted by Crippen LogP contribution is 2.48. The summed E-state index contributed by atoms with van der Waals surface area (Å²) in [4.78, 5) is 30.5.